The number of nitrogens with zero attached hydrogens (tertiary/aromatic N) is 1. The lowest BCUT2D eigenvalue weighted by Gasteiger charge is -2.01. The standard InChI is InChI=1S/C18H17N3O2/c1-2-23-18(22)21-19-12-15-14-10-6-7-11-16(14)20-17(15)13-8-4-3-5-9-13/h3-12,20H,2H2,1H3,(H,21,22)/b19-12+. The number of aromatic amines is 1. The van der Waals surface area contributed by atoms with Crippen molar-refractivity contribution in [3.05, 3.63) is 60.2 Å². The first-order chi connectivity index (χ1) is 11.3. The first kappa shape index (κ1) is 14.8. The molecule has 0 atom stereocenters. The maximum Gasteiger partial charge on any atom is 0.427 e. The molecule has 0 aliphatic heterocycles. The molecular formula is C18H17N3O2. The predicted octanol–water partition coefficient (Wildman–Crippen LogP) is 3.91. The summed E-state index contributed by atoms with van der Waals surface area (Å²) in [6, 6.07) is 18.0. The van der Waals surface area contributed by atoms with E-state index in [-0.39, 0.29) is 0 Å². The van der Waals surface area contributed by atoms with Gasteiger partial charge in [-0.3, -0.25) is 0 Å². The van der Waals surface area contributed by atoms with E-state index in [2.05, 4.69) is 15.5 Å². The smallest absolute Gasteiger partial charge is 0.427 e. The van der Waals surface area contributed by atoms with E-state index in [1.54, 1.807) is 13.1 Å². The number of benzene rings is 2. The fourth-order valence-corrected chi connectivity index (χ4v) is 2.44. The van der Waals surface area contributed by atoms with Crippen molar-refractivity contribution in [1.82, 2.24) is 10.4 Å². The Hall–Kier alpha value is -3.08. The minimum absolute atomic E-state index is 0.309. The monoisotopic (exact) mass is 307 g/mol. The largest absolute Gasteiger partial charge is 0.449 e. The molecule has 0 bridgehead atoms. The molecule has 1 amide bonds. The molecule has 2 N–H and O–H groups in total. The van der Waals surface area contributed by atoms with E-state index in [0.717, 1.165) is 27.7 Å². The summed E-state index contributed by atoms with van der Waals surface area (Å²) in [5.74, 6) is 0. The van der Waals surface area contributed by atoms with Crippen molar-refractivity contribution in [3.8, 4) is 11.3 Å². The zero-order valence-corrected chi connectivity index (χ0v) is 12.7. The number of fused-ring (bicyclic) bond motifs is 1. The van der Waals surface area contributed by atoms with Gasteiger partial charge in [0.1, 0.15) is 0 Å². The first-order valence-electron chi connectivity index (χ1n) is 7.41. The molecular weight excluding hydrogens is 290 g/mol. The number of amides is 1. The van der Waals surface area contributed by atoms with Gasteiger partial charge >= 0.3 is 6.09 Å². The third-order valence-corrected chi connectivity index (χ3v) is 3.43. The van der Waals surface area contributed by atoms with Gasteiger partial charge in [-0.2, -0.15) is 5.10 Å². The maximum absolute atomic E-state index is 11.3. The zero-order valence-electron chi connectivity index (χ0n) is 12.7. The molecule has 1 aromatic heterocycles. The summed E-state index contributed by atoms with van der Waals surface area (Å²) in [7, 11) is 0. The summed E-state index contributed by atoms with van der Waals surface area (Å²) in [4.78, 5) is 14.7. The number of para-hydroxylation sites is 1. The average Bonchev–Trinajstić information content (AvgIpc) is 2.95. The molecule has 0 saturated heterocycles. The molecule has 0 spiro atoms. The Labute approximate surface area is 134 Å². The zero-order chi connectivity index (χ0) is 16.1. The van der Waals surface area contributed by atoms with Crippen LogP contribution in [0.5, 0.6) is 0 Å². The van der Waals surface area contributed by atoms with Gasteiger partial charge in [0.2, 0.25) is 0 Å². The van der Waals surface area contributed by atoms with Crippen LogP contribution in [0, 0.1) is 0 Å². The number of ether oxygens (including phenoxy) is 1. The van der Waals surface area contributed by atoms with Gasteiger partial charge in [-0.1, -0.05) is 48.5 Å². The SMILES string of the molecule is CCOC(=O)N/N=C/c1c(-c2ccccc2)[nH]c2ccccc12. The second kappa shape index (κ2) is 6.79. The van der Waals surface area contributed by atoms with Crippen molar-refractivity contribution in [2.45, 2.75) is 6.92 Å². The van der Waals surface area contributed by atoms with Crippen LogP contribution in [0.15, 0.2) is 59.7 Å². The molecule has 0 saturated carbocycles. The first-order valence-corrected chi connectivity index (χ1v) is 7.41. The summed E-state index contributed by atoms with van der Waals surface area (Å²) in [5, 5.41) is 5.04. The van der Waals surface area contributed by atoms with Crippen LogP contribution in [-0.2, 0) is 4.74 Å². The highest BCUT2D eigenvalue weighted by Crippen LogP contribution is 2.28. The Bertz CT molecular complexity index is 838. The molecule has 0 aliphatic rings. The van der Waals surface area contributed by atoms with Crippen LogP contribution < -0.4 is 5.43 Å². The van der Waals surface area contributed by atoms with Crippen LogP contribution in [0.4, 0.5) is 4.79 Å². The van der Waals surface area contributed by atoms with Gasteiger partial charge in [-0.05, 0) is 18.6 Å². The average molecular weight is 307 g/mol. The number of carbonyl (C=O) groups excluding carboxylic acids is 1. The molecule has 3 aromatic rings. The van der Waals surface area contributed by atoms with Gasteiger partial charge in [-0.15, -0.1) is 0 Å². The molecule has 0 fully saturated rings. The van der Waals surface area contributed by atoms with Crippen LogP contribution in [0.2, 0.25) is 0 Å². The predicted molar refractivity (Wildman–Crippen MR) is 91.5 cm³/mol. The summed E-state index contributed by atoms with van der Waals surface area (Å²) in [5.41, 5.74) is 6.31. The fraction of sp³-hybridized carbons (Fsp3) is 0.111. The number of carbonyl (C=O) groups is 1. The summed E-state index contributed by atoms with van der Waals surface area (Å²) in [6.45, 7) is 2.06. The third kappa shape index (κ3) is 3.23. The van der Waals surface area contributed by atoms with Gasteiger partial charge < -0.3 is 9.72 Å². The van der Waals surface area contributed by atoms with Crippen LogP contribution in [0.25, 0.3) is 22.2 Å². The fourth-order valence-electron chi connectivity index (χ4n) is 2.44. The van der Waals surface area contributed by atoms with E-state index in [1.165, 1.54) is 0 Å². The number of aromatic nitrogens is 1. The van der Waals surface area contributed by atoms with Crippen LogP contribution in [-0.4, -0.2) is 23.9 Å². The Balaban J connectivity index is 2.00. The third-order valence-electron chi connectivity index (χ3n) is 3.43. The van der Waals surface area contributed by atoms with Gasteiger partial charge in [0.15, 0.2) is 0 Å². The Morgan fingerprint density at radius 1 is 1.17 bits per heavy atom. The van der Waals surface area contributed by atoms with Crippen molar-refractivity contribution in [2.24, 2.45) is 5.10 Å². The molecule has 23 heavy (non-hydrogen) atoms. The highest BCUT2D eigenvalue weighted by atomic mass is 16.5. The van der Waals surface area contributed by atoms with Crippen molar-refractivity contribution < 1.29 is 9.53 Å². The lowest BCUT2D eigenvalue weighted by molar-refractivity contribution is 0.152. The normalized spacial score (nSPS) is 11.0. The van der Waals surface area contributed by atoms with E-state index in [0.29, 0.717) is 6.61 Å². The Kier molecular flexibility index (Phi) is 4.38. The molecule has 3 rings (SSSR count). The highest BCUT2D eigenvalue weighted by molar-refractivity contribution is 6.05. The van der Waals surface area contributed by atoms with Crippen molar-refractivity contribution in [2.75, 3.05) is 6.61 Å². The number of nitrogens with one attached hydrogen (secondary N) is 2. The molecule has 0 radical (unpaired) electrons. The summed E-state index contributed by atoms with van der Waals surface area (Å²) < 4.78 is 4.79. The molecule has 116 valence electrons. The van der Waals surface area contributed by atoms with E-state index < -0.39 is 6.09 Å². The van der Waals surface area contributed by atoms with E-state index in [9.17, 15) is 4.79 Å². The van der Waals surface area contributed by atoms with Crippen LogP contribution in [0.3, 0.4) is 0 Å². The lowest BCUT2D eigenvalue weighted by atomic mass is 10.1. The van der Waals surface area contributed by atoms with Gasteiger partial charge in [-0.25, -0.2) is 10.2 Å². The Morgan fingerprint density at radius 3 is 2.70 bits per heavy atom. The minimum Gasteiger partial charge on any atom is -0.449 e. The number of hydrogen-bond donors (Lipinski definition) is 2. The van der Waals surface area contributed by atoms with Crippen molar-refractivity contribution in [1.29, 1.82) is 0 Å². The molecule has 5 heteroatoms. The van der Waals surface area contributed by atoms with E-state index in [4.69, 9.17) is 4.74 Å². The maximum atomic E-state index is 11.3. The summed E-state index contributed by atoms with van der Waals surface area (Å²) in [6.07, 6.45) is 1.07. The Morgan fingerprint density at radius 2 is 1.91 bits per heavy atom. The van der Waals surface area contributed by atoms with Gasteiger partial charge in [0, 0.05) is 16.5 Å². The topological polar surface area (TPSA) is 66.5 Å². The minimum atomic E-state index is -0.565. The molecule has 0 unspecified atom stereocenters. The van der Waals surface area contributed by atoms with E-state index >= 15 is 0 Å². The van der Waals surface area contributed by atoms with Gasteiger partial charge in [0.05, 0.1) is 18.5 Å². The number of rotatable bonds is 4. The molecule has 2 aromatic carbocycles. The van der Waals surface area contributed by atoms with Crippen molar-refractivity contribution >= 4 is 23.2 Å². The second-order valence-corrected chi connectivity index (χ2v) is 4.92. The highest BCUT2D eigenvalue weighted by Gasteiger charge is 2.11. The lowest BCUT2D eigenvalue weighted by Crippen LogP contribution is -2.18. The number of hydrazone groups is 1. The van der Waals surface area contributed by atoms with Crippen molar-refractivity contribution in [3.63, 3.8) is 0 Å². The quantitative estimate of drug-likeness (QED) is 0.567. The number of hydrogen-bond acceptors (Lipinski definition) is 3. The van der Waals surface area contributed by atoms with Crippen LogP contribution in [0.1, 0.15) is 12.5 Å². The molecule has 0 aliphatic carbocycles. The summed E-state index contributed by atoms with van der Waals surface area (Å²) >= 11 is 0. The van der Waals surface area contributed by atoms with Gasteiger partial charge in [0.25, 0.3) is 0 Å². The van der Waals surface area contributed by atoms with Crippen LogP contribution >= 0.6 is 0 Å². The second-order valence-electron chi connectivity index (χ2n) is 4.92. The molecule has 1 heterocycles. The number of H-pyrrole nitrogens is 1. The van der Waals surface area contributed by atoms with E-state index in [1.807, 2.05) is 54.6 Å². The molecule has 5 nitrogen and oxygen atoms in total.